The van der Waals surface area contributed by atoms with Crippen LogP contribution in [0.4, 0.5) is 11.5 Å². The van der Waals surface area contributed by atoms with Crippen LogP contribution in [-0.2, 0) is 0 Å². The van der Waals surface area contributed by atoms with E-state index in [1.807, 2.05) is 24.3 Å². The SMILES string of the molecule is O=C(O)c1cnn2c(Nc3ccccc3Br)ccnc12. The molecule has 0 fully saturated rings. The van der Waals surface area contributed by atoms with Crippen LogP contribution in [0.2, 0.25) is 0 Å². The summed E-state index contributed by atoms with van der Waals surface area (Å²) >= 11 is 3.44. The molecule has 20 heavy (non-hydrogen) atoms. The van der Waals surface area contributed by atoms with Gasteiger partial charge in [-0.15, -0.1) is 0 Å². The van der Waals surface area contributed by atoms with Gasteiger partial charge in [0.2, 0.25) is 0 Å². The van der Waals surface area contributed by atoms with Crippen molar-refractivity contribution in [1.82, 2.24) is 14.6 Å². The number of para-hydroxylation sites is 1. The Balaban J connectivity index is 2.09. The van der Waals surface area contributed by atoms with E-state index in [4.69, 9.17) is 5.11 Å². The van der Waals surface area contributed by atoms with Crippen molar-refractivity contribution in [2.75, 3.05) is 5.32 Å². The summed E-state index contributed by atoms with van der Waals surface area (Å²) in [5.41, 5.74) is 1.22. The average molecular weight is 333 g/mol. The van der Waals surface area contributed by atoms with Gasteiger partial charge in [-0.25, -0.2) is 9.78 Å². The molecule has 0 aliphatic carbocycles. The Kier molecular flexibility index (Phi) is 3.11. The molecule has 7 heteroatoms. The van der Waals surface area contributed by atoms with Crippen LogP contribution in [0.5, 0.6) is 0 Å². The molecule has 3 rings (SSSR count). The number of nitrogens with zero attached hydrogens (tertiary/aromatic N) is 3. The Labute approximate surface area is 122 Å². The van der Waals surface area contributed by atoms with Crippen LogP contribution >= 0.6 is 15.9 Å². The molecule has 2 N–H and O–H groups in total. The predicted octanol–water partition coefficient (Wildman–Crippen LogP) is 2.93. The molecular weight excluding hydrogens is 324 g/mol. The minimum Gasteiger partial charge on any atom is -0.477 e. The Morgan fingerprint density at radius 1 is 1.30 bits per heavy atom. The Bertz CT molecular complexity index is 800. The number of fused-ring (bicyclic) bond motifs is 1. The van der Waals surface area contributed by atoms with Crippen molar-refractivity contribution in [2.45, 2.75) is 0 Å². The highest BCUT2D eigenvalue weighted by molar-refractivity contribution is 9.10. The van der Waals surface area contributed by atoms with Gasteiger partial charge in [0, 0.05) is 10.7 Å². The summed E-state index contributed by atoms with van der Waals surface area (Å²) in [5.74, 6) is -0.417. The van der Waals surface area contributed by atoms with E-state index in [1.54, 1.807) is 12.3 Å². The monoisotopic (exact) mass is 332 g/mol. The van der Waals surface area contributed by atoms with E-state index < -0.39 is 5.97 Å². The summed E-state index contributed by atoms with van der Waals surface area (Å²) in [6, 6.07) is 9.35. The highest BCUT2D eigenvalue weighted by Gasteiger charge is 2.14. The number of benzene rings is 1. The van der Waals surface area contributed by atoms with Gasteiger partial charge in [0.1, 0.15) is 11.4 Å². The summed E-state index contributed by atoms with van der Waals surface area (Å²) < 4.78 is 2.36. The quantitative estimate of drug-likeness (QED) is 0.770. The molecule has 0 unspecified atom stereocenters. The number of carbonyl (C=O) groups is 1. The van der Waals surface area contributed by atoms with Crippen molar-refractivity contribution in [3.63, 3.8) is 0 Å². The number of aromatic carboxylic acids is 1. The fourth-order valence-electron chi connectivity index (χ4n) is 1.84. The topological polar surface area (TPSA) is 79.5 Å². The van der Waals surface area contributed by atoms with Crippen LogP contribution in [0.1, 0.15) is 10.4 Å². The van der Waals surface area contributed by atoms with Crippen molar-refractivity contribution in [3.8, 4) is 0 Å². The van der Waals surface area contributed by atoms with Gasteiger partial charge in [-0.1, -0.05) is 12.1 Å². The van der Waals surface area contributed by atoms with E-state index in [1.165, 1.54) is 10.7 Å². The van der Waals surface area contributed by atoms with E-state index in [9.17, 15) is 4.79 Å². The summed E-state index contributed by atoms with van der Waals surface area (Å²) in [6.45, 7) is 0. The first-order valence-electron chi connectivity index (χ1n) is 5.74. The average Bonchev–Trinajstić information content (AvgIpc) is 2.86. The lowest BCUT2D eigenvalue weighted by Gasteiger charge is -2.09. The Hall–Kier alpha value is -2.41. The fourth-order valence-corrected chi connectivity index (χ4v) is 2.22. The highest BCUT2D eigenvalue weighted by Crippen LogP contribution is 2.25. The van der Waals surface area contributed by atoms with Crippen molar-refractivity contribution < 1.29 is 9.90 Å². The second-order valence-electron chi connectivity index (χ2n) is 4.03. The van der Waals surface area contributed by atoms with Gasteiger partial charge in [-0.05, 0) is 34.1 Å². The lowest BCUT2D eigenvalue weighted by Crippen LogP contribution is -2.02. The number of nitrogens with one attached hydrogen (secondary N) is 1. The van der Waals surface area contributed by atoms with E-state index in [0.717, 1.165) is 10.2 Å². The molecule has 0 radical (unpaired) electrons. The third-order valence-electron chi connectivity index (χ3n) is 2.77. The molecule has 0 spiro atoms. The summed E-state index contributed by atoms with van der Waals surface area (Å²) in [6.07, 6.45) is 2.83. The van der Waals surface area contributed by atoms with E-state index in [-0.39, 0.29) is 5.56 Å². The first-order valence-corrected chi connectivity index (χ1v) is 6.53. The Morgan fingerprint density at radius 2 is 2.10 bits per heavy atom. The second kappa shape index (κ2) is 4.93. The number of rotatable bonds is 3. The molecule has 100 valence electrons. The normalized spacial score (nSPS) is 10.7. The number of anilines is 2. The third kappa shape index (κ3) is 2.12. The van der Waals surface area contributed by atoms with E-state index in [2.05, 4.69) is 31.3 Å². The summed E-state index contributed by atoms with van der Waals surface area (Å²) in [5, 5.41) is 16.3. The standard InChI is InChI=1S/C13H9BrN4O2/c14-9-3-1-2-4-10(9)17-11-5-6-15-12-8(13(19)20)7-16-18(11)12/h1-7,17H,(H,19,20). The zero-order valence-corrected chi connectivity index (χ0v) is 11.7. The van der Waals surface area contributed by atoms with E-state index in [0.29, 0.717) is 11.5 Å². The number of halogens is 1. The smallest absolute Gasteiger partial charge is 0.341 e. The maximum absolute atomic E-state index is 11.1. The lowest BCUT2D eigenvalue weighted by atomic mass is 10.3. The van der Waals surface area contributed by atoms with E-state index >= 15 is 0 Å². The maximum atomic E-state index is 11.1. The van der Waals surface area contributed by atoms with Crippen LogP contribution < -0.4 is 5.32 Å². The van der Waals surface area contributed by atoms with Gasteiger partial charge < -0.3 is 10.4 Å². The molecule has 0 bridgehead atoms. The Morgan fingerprint density at radius 3 is 2.85 bits per heavy atom. The molecular formula is C13H9BrN4O2. The van der Waals surface area contributed by atoms with Crippen LogP contribution in [0, 0.1) is 0 Å². The summed E-state index contributed by atoms with van der Waals surface area (Å²) in [4.78, 5) is 15.1. The van der Waals surface area contributed by atoms with Crippen molar-refractivity contribution in [2.24, 2.45) is 0 Å². The molecule has 0 amide bonds. The number of hydrogen-bond acceptors (Lipinski definition) is 4. The maximum Gasteiger partial charge on any atom is 0.341 e. The molecule has 0 atom stereocenters. The molecule has 1 aromatic carbocycles. The molecule has 0 saturated heterocycles. The van der Waals surface area contributed by atoms with Gasteiger partial charge in [0.15, 0.2) is 5.65 Å². The predicted molar refractivity (Wildman–Crippen MR) is 77.4 cm³/mol. The second-order valence-corrected chi connectivity index (χ2v) is 4.89. The zero-order valence-electron chi connectivity index (χ0n) is 10.1. The lowest BCUT2D eigenvalue weighted by molar-refractivity contribution is 0.0699. The van der Waals surface area contributed by atoms with Gasteiger partial charge >= 0.3 is 5.97 Å². The van der Waals surface area contributed by atoms with Gasteiger partial charge in [-0.2, -0.15) is 9.61 Å². The van der Waals surface area contributed by atoms with Crippen molar-refractivity contribution in [3.05, 3.63) is 52.8 Å². The zero-order chi connectivity index (χ0) is 14.1. The number of carboxylic acids is 1. The molecule has 6 nitrogen and oxygen atoms in total. The van der Waals surface area contributed by atoms with Crippen molar-refractivity contribution >= 4 is 39.1 Å². The van der Waals surface area contributed by atoms with Crippen molar-refractivity contribution in [1.29, 1.82) is 0 Å². The number of carboxylic acid groups (broad SMARTS) is 1. The summed E-state index contributed by atoms with van der Waals surface area (Å²) in [7, 11) is 0. The largest absolute Gasteiger partial charge is 0.477 e. The highest BCUT2D eigenvalue weighted by atomic mass is 79.9. The molecule has 3 aromatic rings. The van der Waals surface area contributed by atoms with Gasteiger partial charge in [0.05, 0.1) is 11.9 Å². The number of aromatic nitrogens is 3. The van der Waals surface area contributed by atoms with Crippen LogP contribution in [0.25, 0.3) is 5.65 Å². The van der Waals surface area contributed by atoms with Gasteiger partial charge in [0.25, 0.3) is 0 Å². The number of hydrogen-bond donors (Lipinski definition) is 2. The molecule has 2 aromatic heterocycles. The molecule has 0 aliphatic heterocycles. The van der Waals surface area contributed by atoms with Crippen LogP contribution in [-0.4, -0.2) is 25.7 Å². The third-order valence-corrected chi connectivity index (χ3v) is 3.46. The molecule has 0 aliphatic rings. The fraction of sp³-hybridized carbons (Fsp3) is 0. The van der Waals surface area contributed by atoms with Gasteiger partial charge in [-0.3, -0.25) is 0 Å². The van der Waals surface area contributed by atoms with Crippen LogP contribution in [0.15, 0.2) is 47.2 Å². The first kappa shape index (κ1) is 12.6. The molecule has 2 heterocycles. The minimum atomic E-state index is -1.05. The molecule has 0 saturated carbocycles. The van der Waals surface area contributed by atoms with Crippen LogP contribution in [0.3, 0.4) is 0 Å². The first-order chi connectivity index (χ1) is 9.66. The minimum absolute atomic E-state index is 0.0702.